The molecular weight excluding hydrogens is 288 g/mol. The van der Waals surface area contributed by atoms with Gasteiger partial charge in [0.25, 0.3) is 0 Å². The van der Waals surface area contributed by atoms with Gasteiger partial charge in [-0.15, -0.1) is 0 Å². The molecule has 23 heavy (non-hydrogen) atoms. The lowest BCUT2D eigenvalue weighted by molar-refractivity contribution is 0.279. The number of benzene rings is 2. The van der Waals surface area contributed by atoms with Crippen LogP contribution < -0.4 is 15.2 Å². The number of anilines is 1. The quantitative estimate of drug-likeness (QED) is 0.882. The van der Waals surface area contributed by atoms with Crippen LogP contribution in [0.3, 0.4) is 0 Å². The number of hydrogen-bond acceptors (Lipinski definition) is 4. The van der Waals surface area contributed by atoms with Crippen LogP contribution >= 0.6 is 0 Å². The summed E-state index contributed by atoms with van der Waals surface area (Å²) in [6, 6.07) is 12.4. The summed E-state index contributed by atoms with van der Waals surface area (Å²) in [7, 11) is 3.38. The molecule has 0 spiro atoms. The van der Waals surface area contributed by atoms with E-state index in [-0.39, 0.29) is 0 Å². The summed E-state index contributed by atoms with van der Waals surface area (Å²) >= 11 is 0. The second-order valence-electron chi connectivity index (χ2n) is 6.00. The normalized spacial score (nSPS) is 14.9. The van der Waals surface area contributed by atoms with Crippen molar-refractivity contribution in [3.63, 3.8) is 0 Å². The van der Waals surface area contributed by atoms with Crippen molar-refractivity contribution < 1.29 is 9.47 Å². The van der Waals surface area contributed by atoms with Gasteiger partial charge < -0.3 is 15.2 Å². The minimum Gasteiger partial charge on any atom is -0.493 e. The monoisotopic (exact) mass is 312 g/mol. The van der Waals surface area contributed by atoms with Crippen LogP contribution in [0.5, 0.6) is 11.5 Å². The van der Waals surface area contributed by atoms with E-state index in [0.717, 1.165) is 49.7 Å². The smallest absolute Gasteiger partial charge is 0.161 e. The van der Waals surface area contributed by atoms with Gasteiger partial charge in [-0.1, -0.05) is 12.1 Å². The molecule has 2 aromatic rings. The molecule has 4 nitrogen and oxygen atoms in total. The largest absolute Gasteiger partial charge is 0.493 e. The topological polar surface area (TPSA) is 47.7 Å². The fourth-order valence-corrected chi connectivity index (χ4v) is 3.21. The Balaban J connectivity index is 1.74. The van der Waals surface area contributed by atoms with Gasteiger partial charge in [0.2, 0.25) is 0 Å². The average Bonchev–Trinajstić information content (AvgIpc) is 2.75. The first-order valence-electron chi connectivity index (χ1n) is 8.00. The molecule has 0 saturated carbocycles. The van der Waals surface area contributed by atoms with E-state index >= 15 is 0 Å². The van der Waals surface area contributed by atoms with E-state index < -0.39 is 0 Å². The molecule has 0 aliphatic carbocycles. The Hall–Kier alpha value is -2.20. The van der Waals surface area contributed by atoms with Crippen molar-refractivity contribution in [2.75, 3.05) is 33.0 Å². The van der Waals surface area contributed by atoms with Crippen molar-refractivity contribution in [2.45, 2.75) is 19.4 Å². The second-order valence-corrected chi connectivity index (χ2v) is 6.00. The highest BCUT2D eigenvalue weighted by Crippen LogP contribution is 2.32. The fourth-order valence-electron chi connectivity index (χ4n) is 3.21. The average molecular weight is 312 g/mol. The molecule has 0 bridgehead atoms. The van der Waals surface area contributed by atoms with Gasteiger partial charge in [0, 0.05) is 25.3 Å². The van der Waals surface area contributed by atoms with Crippen LogP contribution in [0.15, 0.2) is 36.4 Å². The van der Waals surface area contributed by atoms with Crippen LogP contribution in [-0.2, 0) is 19.4 Å². The Morgan fingerprint density at radius 2 is 1.57 bits per heavy atom. The van der Waals surface area contributed by atoms with Gasteiger partial charge in [-0.25, -0.2) is 0 Å². The summed E-state index contributed by atoms with van der Waals surface area (Å²) < 4.78 is 10.9. The lowest BCUT2D eigenvalue weighted by atomic mass is 10.0. The van der Waals surface area contributed by atoms with Crippen LogP contribution in [0.1, 0.15) is 16.7 Å². The Morgan fingerprint density at radius 1 is 0.957 bits per heavy atom. The van der Waals surface area contributed by atoms with Crippen molar-refractivity contribution in [3.8, 4) is 11.5 Å². The molecule has 1 heterocycles. The number of hydrogen-bond donors (Lipinski definition) is 1. The van der Waals surface area contributed by atoms with Crippen LogP contribution in [0, 0.1) is 0 Å². The van der Waals surface area contributed by atoms with Crippen molar-refractivity contribution in [3.05, 3.63) is 53.1 Å². The number of rotatable bonds is 4. The van der Waals surface area contributed by atoms with E-state index in [9.17, 15) is 0 Å². The van der Waals surface area contributed by atoms with Gasteiger partial charge in [-0.3, -0.25) is 4.90 Å². The molecular formula is C19H24N2O2. The molecule has 122 valence electrons. The van der Waals surface area contributed by atoms with Gasteiger partial charge in [0.15, 0.2) is 11.5 Å². The summed E-state index contributed by atoms with van der Waals surface area (Å²) in [6.45, 7) is 3.02. The third kappa shape index (κ3) is 3.59. The van der Waals surface area contributed by atoms with E-state index in [1.165, 1.54) is 16.7 Å². The molecule has 0 saturated heterocycles. The highest BCUT2D eigenvalue weighted by atomic mass is 16.5. The first kappa shape index (κ1) is 15.7. The van der Waals surface area contributed by atoms with E-state index in [0.29, 0.717) is 0 Å². The number of nitrogen functional groups attached to an aromatic ring is 1. The van der Waals surface area contributed by atoms with Crippen LogP contribution in [-0.4, -0.2) is 32.2 Å². The van der Waals surface area contributed by atoms with Crippen molar-refractivity contribution in [1.82, 2.24) is 4.90 Å². The summed E-state index contributed by atoms with van der Waals surface area (Å²) in [5, 5.41) is 0. The van der Waals surface area contributed by atoms with Crippen LogP contribution in [0.2, 0.25) is 0 Å². The maximum absolute atomic E-state index is 5.88. The zero-order chi connectivity index (χ0) is 16.2. The molecule has 2 aromatic carbocycles. The highest BCUT2D eigenvalue weighted by molar-refractivity contribution is 5.48. The molecule has 0 fully saturated rings. The standard InChI is InChI=1S/C19H24N2O2/c1-22-18-11-15-6-8-21(9-7-16(15)12-19(18)23-2)13-14-4-3-5-17(20)10-14/h3-5,10-12H,6-9,13,20H2,1-2H3. The first-order chi connectivity index (χ1) is 11.2. The van der Waals surface area contributed by atoms with Crippen molar-refractivity contribution in [2.24, 2.45) is 0 Å². The van der Waals surface area contributed by atoms with E-state index in [1.54, 1.807) is 14.2 Å². The number of ether oxygens (including phenoxy) is 2. The zero-order valence-electron chi connectivity index (χ0n) is 13.8. The number of methoxy groups -OCH3 is 2. The zero-order valence-corrected chi connectivity index (χ0v) is 13.8. The molecule has 0 radical (unpaired) electrons. The fraction of sp³-hybridized carbons (Fsp3) is 0.368. The Labute approximate surface area is 137 Å². The molecule has 0 aromatic heterocycles. The third-order valence-electron chi connectivity index (χ3n) is 4.46. The van der Waals surface area contributed by atoms with E-state index in [2.05, 4.69) is 29.2 Å². The lowest BCUT2D eigenvalue weighted by Gasteiger charge is -2.19. The molecule has 0 amide bonds. The molecule has 1 aliphatic rings. The number of nitrogens with zero attached hydrogens (tertiary/aromatic N) is 1. The van der Waals surface area contributed by atoms with Gasteiger partial charge in [-0.05, 0) is 53.8 Å². The minimum atomic E-state index is 0.815. The Kier molecular flexibility index (Phi) is 4.72. The van der Waals surface area contributed by atoms with Gasteiger partial charge in [-0.2, -0.15) is 0 Å². The molecule has 3 rings (SSSR count). The molecule has 0 unspecified atom stereocenters. The summed E-state index contributed by atoms with van der Waals surface area (Å²) in [6.07, 6.45) is 2.05. The predicted molar refractivity (Wildman–Crippen MR) is 93.1 cm³/mol. The molecule has 2 N–H and O–H groups in total. The van der Waals surface area contributed by atoms with Gasteiger partial charge >= 0.3 is 0 Å². The summed E-state index contributed by atoms with van der Waals surface area (Å²) in [5.74, 6) is 1.63. The summed E-state index contributed by atoms with van der Waals surface area (Å²) in [5.41, 5.74) is 10.7. The van der Waals surface area contributed by atoms with Crippen molar-refractivity contribution >= 4 is 5.69 Å². The maximum Gasteiger partial charge on any atom is 0.161 e. The molecule has 0 atom stereocenters. The first-order valence-corrected chi connectivity index (χ1v) is 8.00. The number of nitrogens with two attached hydrogens (primary N) is 1. The highest BCUT2D eigenvalue weighted by Gasteiger charge is 2.17. The minimum absolute atomic E-state index is 0.815. The third-order valence-corrected chi connectivity index (χ3v) is 4.46. The molecule has 1 aliphatic heterocycles. The van der Waals surface area contributed by atoms with E-state index in [1.807, 2.05) is 12.1 Å². The van der Waals surface area contributed by atoms with Crippen LogP contribution in [0.25, 0.3) is 0 Å². The molecule has 4 heteroatoms. The van der Waals surface area contributed by atoms with Gasteiger partial charge in [0.05, 0.1) is 14.2 Å². The Morgan fingerprint density at radius 3 is 2.09 bits per heavy atom. The van der Waals surface area contributed by atoms with Crippen LogP contribution in [0.4, 0.5) is 5.69 Å². The van der Waals surface area contributed by atoms with Crippen molar-refractivity contribution in [1.29, 1.82) is 0 Å². The number of fused-ring (bicyclic) bond motifs is 1. The predicted octanol–water partition coefficient (Wildman–Crippen LogP) is 2.89. The van der Waals surface area contributed by atoms with Gasteiger partial charge in [0.1, 0.15) is 0 Å². The summed E-state index contributed by atoms with van der Waals surface area (Å²) in [4.78, 5) is 2.48. The van der Waals surface area contributed by atoms with E-state index in [4.69, 9.17) is 15.2 Å². The Bertz CT molecular complexity index is 650. The second kappa shape index (κ2) is 6.92. The maximum atomic E-state index is 5.88. The SMILES string of the molecule is COc1cc2c(cc1OC)CCN(Cc1cccc(N)c1)CC2. The lowest BCUT2D eigenvalue weighted by Crippen LogP contribution is -2.25.